The van der Waals surface area contributed by atoms with E-state index in [-0.39, 0.29) is 5.91 Å². The van der Waals surface area contributed by atoms with Gasteiger partial charge in [-0.05, 0) is 37.6 Å². The minimum absolute atomic E-state index is 0.130. The van der Waals surface area contributed by atoms with Crippen LogP contribution >= 0.6 is 0 Å². The number of hydrogen-bond acceptors (Lipinski definition) is 3. The van der Waals surface area contributed by atoms with E-state index in [1.807, 2.05) is 50.2 Å². The molecule has 2 heterocycles. The maximum atomic E-state index is 12.1. The summed E-state index contributed by atoms with van der Waals surface area (Å²) in [5.74, 6) is 0.725. The van der Waals surface area contributed by atoms with Crippen LogP contribution in [0.25, 0.3) is 22.6 Å². The lowest BCUT2D eigenvalue weighted by atomic mass is 10.1. The normalized spacial score (nSPS) is 12.5. The third-order valence-corrected chi connectivity index (χ3v) is 3.94. The minimum Gasteiger partial charge on any atom is -0.436 e. The number of aryl methyl sites for hydroxylation is 1. The third kappa shape index (κ3) is 1.91. The summed E-state index contributed by atoms with van der Waals surface area (Å²) in [6, 6.07) is 11.9. The predicted octanol–water partition coefficient (Wildman–Crippen LogP) is 4.58. The number of amides is 1. The van der Waals surface area contributed by atoms with E-state index < -0.39 is 0 Å². The Labute approximate surface area is 128 Å². The number of nitrogens with zero attached hydrogens (tertiary/aromatic N) is 2. The van der Waals surface area contributed by atoms with Crippen LogP contribution in [0, 0.1) is 6.92 Å². The van der Waals surface area contributed by atoms with E-state index >= 15 is 0 Å². The van der Waals surface area contributed by atoms with Gasteiger partial charge in [-0.25, -0.2) is 4.98 Å². The maximum Gasteiger partial charge on any atom is 0.231 e. The van der Waals surface area contributed by atoms with Crippen LogP contribution in [0.2, 0.25) is 0 Å². The van der Waals surface area contributed by atoms with Crippen LogP contribution in [-0.4, -0.2) is 10.9 Å². The number of oxazole rings is 1. The highest BCUT2D eigenvalue weighted by Crippen LogP contribution is 2.53. The van der Waals surface area contributed by atoms with E-state index in [0.717, 1.165) is 34.5 Å². The molecule has 4 heteroatoms. The van der Waals surface area contributed by atoms with Gasteiger partial charge in [0.1, 0.15) is 11.2 Å². The van der Waals surface area contributed by atoms with Crippen LogP contribution in [0.15, 0.2) is 40.8 Å². The van der Waals surface area contributed by atoms with E-state index in [1.165, 1.54) is 5.56 Å². The molecule has 0 bridgehead atoms. The summed E-state index contributed by atoms with van der Waals surface area (Å²) >= 11 is 0. The predicted molar refractivity (Wildman–Crippen MR) is 86.2 cm³/mol. The van der Waals surface area contributed by atoms with Gasteiger partial charge in [-0.15, -0.1) is 0 Å². The summed E-state index contributed by atoms with van der Waals surface area (Å²) in [5, 5.41) is 0. The van der Waals surface area contributed by atoms with E-state index in [2.05, 4.69) is 4.98 Å². The summed E-state index contributed by atoms with van der Waals surface area (Å²) in [7, 11) is 0. The van der Waals surface area contributed by atoms with Crippen molar-refractivity contribution in [2.45, 2.75) is 26.7 Å². The van der Waals surface area contributed by atoms with Gasteiger partial charge in [0.15, 0.2) is 5.58 Å². The first-order valence-corrected chi connectivity index (χ1v) is 7.52. The molecule has 0 aliphatic carbocycles. The monoisotopic (exact) mass is 292 g/mol. The van der Waals surface area contributed by atoms with Crippen molar-refractivity contribution >= 4 is 28.4 Å². The van der Waals surface area contributed by atoms with E-state index in [0.29, 0.717) is 12.3 Å². The van der Waals surface area contributed by atoms with Crippen molar-refractivity contribution in [2.75, 3.05) is 4.90 Å². The van der Waals surface area contributed by atoms with E-state index in [9.17, 15) is 4.79 Å². The Morgan fingerprint density at radius 1 is 1.18 bits per heavy atom. The van der Waals surface area contributed by atoms with Crippen molar-refractivity contribution < 1.29 is 9.21 Å². The quantitative estimate of drug-likeness (QED) is 0.664. The zero-order chi connectivity index (χ0) is 15.3. The molecule has 0 spiro atoms. The molecular weight excluding hydrogens is 276 g/mol. The van der Waals surface area contributed by atoms with Crippen molar-refractivity contribution in [1.29, 1.82) is 0 Å². The molecule has 1 aromatic heterocycles. The van der Waals surface area contributed by atoms with Gasteiger partial charge in [0.05, 0.1) is 5.69 Å². The average Bonchev–Trinajstić information content (AvgIpc) is 3.10. The molecular formula is C18H16N2O2. The number of carbonyl (C=O) groups excluding carboxylic acids is 1. The van der Waals surface area contributed by atoms with Crippen LogP contribution in [0.1, 0.15) is 25.3 Å². The van der Waals surface area contributed by atoms with Gasteiger partial charge in [0.25, 0.3) is 0 Å². The lowest BCUT2D eigenvalue weighted by Gasteiger charge is -1.98. The number of carbonyl (C=O) groups is 1. The number of fused-ring (bicyclic) bond motifs is 3. The Kier molecular flexibility index (Phi) is 2.79. The molecule has 4 nitrogen and oxygen atoms in total. The molecule has 1 aliphatic rings. The van der Waals surface area contributed by atoms with Crippen molar-refractivity contribution in [3.05, 3.63) is 42.0 Å². The van der Waals surface area contributed by atoms with Gasteiger partial charge in [0.2, 0.25) is 11.8 Å². The summed E-state index contributed by atoms with van der Waals surface area (Å²) < 4.78 is 5.85. The van der Waals surface area contributed by atoms with Crippen LogP contribution in [0.3, 0.4) is 0 Å². The zero-order valence-electron chi connectivity index (χ0n) is 12.6. The zero-order valence-corrected chi connectivity index (χ0v) is 12.6. The molecule has 3 aromatic rings. The van der Waals surface area contributed by atoms with Crippen LogP contribution in [0.4, 0.5) is 11.4 Å². The molecule has 1 amide bonds. The van der Waals surface area contributed by atoms with Crippen molar-refractivity contribution in [3.63, 3.8) is 0 Å². The van der Waals surface area contributed by atoms with E-state index in [1.54, 1.807) is 4.90 Å². The average molecular weight is 292 g/mol. The number of aromatic nitrogens is 1. The second kappa shape index (κ2) is 4.70. The Balaban J connectivity index is 1.75. The number of benzene rings is 2. The lowest BCUT2D eigenvalue weighted by molar-refractivity contribution is -0.117. The molecule has 0 unspecified atom stereocenters. The summed E-state index contributed by atoms with van der Waals surface area (Å²) in [6.45, 7) is 4.05. The smallest absolute Gasteiger partial charge is 0.231 e. The second-order valence-electron chi connectivity index (χ2n) is 5.64. The maximum absolute atomic E-state index is 12.1. The lowest BCUT2D eigenvalue weighted by Crippen LogP contribution is -2.11. The fourth-order valence-electron chi connectivity index (χ4n) is 2.73. The first-order valence-electron chi connectivity index (χ1n) is 7.52. The highest BCUT2D eigenvalue weighted by molar-refractivity contribution is 6.23. The molecule has 0 N–H and O–H groups in total. The molecule has 22 heavy (non-hydrogen) atoms. The molecule has 4 rings (SSSR count). The van der Waals surface area contributed by atoms with Gasteiger partial charge in [0, 0.05) is 12.0 Å². The van der Waals surface area contributed by atoms with Gasteiger partial charge in [-0.2, -0.15) is 0 Å². The largest absolute Gasteiger partial charge is 0.436 e. The van der Waals surface area contributed by atoms with Crippen molar-refractivity contribution in [3.8, 4) is 11.5 Å². The fourth-order valence-corrected chi connectivity index (χ4v) is 2.73. The van der Waals surface area contributed by atoms with Gasteiger partial charge in [-0.1, -0.05) is 24.6 Å². The molecule has 110 valence electrons. The molecule has 0 fully saturated rings. The van der Waals surface area contributed by atoms with Gasteiger partial charge >= 0.3 is 0 Å². The Hall–Kier alpha value is -2.62. The fraction of sp³-hybridized carbons (Fsp3) is 0.222. The second-order valence-corrected chi connectivity index (χ2v) is 5.64. The molecule has 0 atom stereocenters. The molecule has 0 saturated carbocycles. The number of rotatable bonds is 3. The molecule has 1 aliphatic heterocycles. The summed E-state index contributed by atoms with van der Waals surface area (Å²) in [5.41, 5.74) is 5.50. The van der Waals surface area contributed by atoms with Crippen LogP contribution in [-0.2, 0) is 4.79 Å². The third-order valence-electron chi connectivity index (χ3n) is 3.94. The SMILES string of the molecule is CCCC(=O)N1c2ccc3oc(-c4ccc(C)cc4)nc3c21. The van der Waals surface area contributed by atoms with Crippen molar-refractivity contribution in [1.82, 2.24) is 4.98 Å². The topological polar surface area (TPSA) is 46.1 Å². The standard InChI is InChI=1S/C18H16N2O2/c1-3-4-15(21)20-13-9-10-14-16(17(13)20)19-18(22-14)12-7-5-11(2)6-8-12/h5-10H,3-4H2,1-2H3. The van der Waals surface area contributed by atoms with Crippen LogP contribution in [0.5, 0.6) is 0 Å². The Morgan fingerprint density at radius 2 is 1.95 bits per heavy atom. The van der Waals surface area contributed by atoms with E-state index in [4.69, 9.17) is 4.42 Å². The Bertz CT molecular complexity index is 878. The van der Waals surface area contributed by atoms with Crippen LogP contribution < -0.4 is 4.90 Å². The molecule has 2 aromatic carbocycles. The molecule has 0 saturated heterocycles. The summed E-state index contributed by atoms with van der Waals surface area (Å²) in [4.78, 5) is 18.4. The van der Waals surface area contributed by atoms with Gasteiger partial charge < -0.3 is 4.42 Å². The first kappa shape index (κ1) is 13.1. The number of hydrogen-bond donors (Lipinski definition) is 0. The highest BCUT2D eigenvalue weighted by atomic mass is 16.3. The Morgan fingerprint density at radius 3 is 2.68 bits per heavy atom. The first-order chi connectivity index (χ1) is 10.7. The van der Waals surface area contributed by atoms with Gasteiger partial charge in [-0.3, -0.25) is 9.69 Å². The summed E-state index contributed by atoms with van der Waals surface area (Å²) in [6.07, 6.45) is 1.40. The van der Waals surface area contributed by atoms with Crippen molar-refractivity contribution in [2.24, 2.45) is 0 Å². The minimum atomic E-state index is 0.130. The molecule has 0 radical (unpaired) electrons. The number of anilines is 2. The highest BCUT2D eigenvalue weighted by Gasteiger charge is 2.38.